The van der Waals surface area contributed by atoms with E-state index in [1.165, 1.54) is 0 Å². The minimum atomic E-state index is -0.170. The maximum Gasteiger partial charge on any atom is 0.231 e. The van der Waals surface area contributed by atoms with E-state index in [1.807, 2.05) is 43.3 Å². The summed E-state index contributed by atoms with van der Waals surface area (Å²) in [6.45, 7) is 2.06. The number of ether oxygens (including phenoxy) is 2. The SMILES string of the molecule is C[C@@H](CO)Nc1nc(Nc2ccc3c(c2)OCO3)cc(-c2ccncc2)n1. The maximum absolute atomic E-state index is 9.31. The third-order valence-electron chi connectivity index (χ3n) is 4.00. The van der Waals surface area contributed by atoms with Crippen LogP contribution < -0.4 is 20.1 Å². The first-order valence-electron chi connectivity index (χ1n) is 8.55. The Balaban J connectivity index is 1.67. The van der Waals surface area contributed by atoms with E-state index in [4.69, 9.17) is 9.47 Å². The Labute approximate surface area is 156 Å². The van der Waals surface area contributed by atoms with E-state index in [1.54, 1.807) is 12.4 Å². The number of nitrogens with one attached hydrogen (secondary N) is 2. The molecule has 0 bridgehead atoms. The minimum absolute atomic E-state index is 0.0201. The van der Waals surface area contributed by atoms with E-state index in [0.717, 1.165) is 22.7 Å². The van der Waals surface area contributed by atoms with Crippen molar-refractivity contribution in [2.45, 2.75) is 13.0 Å². The standard InChI is InChI=1S/C19H19N5O3/c1-12(10-25)21-19-23-15(13-4-6-20-7-5-13)9-18(24-19)22-14-2-3-16-17(8-14)27-11-26-16/h2-9,12,25H,10-11H2,1H3,(H2,21,22,23,24)/t12-/m0/s1. The zero-order chi connectivity index (χ0) is 18.6. The first kappa shape index (κ1) is 17.0. The van der Waals surface area contributed by atoms with Crippen molar-refractivity contribution in [2.24, 2.45) is 0 Å². The summed E-state index contributed by atoms with van der Waals surface area (Å²) in [4.78, 5) is 13.1. The highest BCUT2D eigenvalue weighted by Gasteiger charge is 2.14. The second-order valence-corrected chi connectivity index (χ2v) is 6.12. The highest BCUT2D eigenvalue weighted by atomic mass is 16.7. The van der Waals surface area contributed by atoms with Gasteiger partial charge in [-0.05, 0) is 31.2 Å². The molecule has 1 atom stereocenters. The summed E-state index contributed by atoms with van der Waals surface area (Å²) in [5.41, 5.74) is 2.48. The third-order valence-corrected chi connectivity index (χ3v) is 4.00. The molecule has 4 rings (SSSR count). The fraction of sp³-hybridized carbons (Fsp3) is 0.211. The zero-order valence-electron chi connectivity index (χ0n) is 14.7. The molecule has 1 aromatic carbocycles. The fourth-order valence-corrected chi connectivity index (χ4v) is 2.63. The van der Waals surface area contributed by atoms with Crippen LogP contribution in [-0.2, 0) is 0 Å². The molecular weight excluding hydrogens is 346 g/mol. The van der Waals surface area contributed by atoms with Crippen LogP contribution in [0.15, 0.2) is 48.8 Å². The quantitative estimate of drug-likeness (QED) is 0.613. The molecule has 0 unspecified atom stereocenters. The van der Waals surface area contributed by atoms with E-state index in [0.29, 0.717) is 17.5 Å². The van der Waals surface area contributed by atoms with Gasteiger partial charge in [0, 0.05) is 41.8 Å². The number of rotatable bonds is 6. The van der Waals surface area contributed by atoms with Crippen LogP contribution in [0.2, 0.25) is 0 Å². The lowest BCUT2D eigenvalue weighted by Crippen LogP contribution is -2.21. The first-order valence-corrected chi connectivity index (χ1v) is 8.55. The van der Waals surface area contributed by atoms with Gasteiger partial charge in [-0.15, -0.1) is 0 Å². The van der Waals surface area contributed by atoms with E-state index >= 15 is 0 Å². The Bertz CT molecular complexity index is 936. The second kappa shape index (κ2) is 7.46. The van der Waals surface area contributed by atoms with Gasteiger partial charge in [-0.25, -0.2) is 4.98 Å². The minimum Gasteiger partial charge on any atom is -0.454 e. The van der Waals surface area contributed by atoms with Crippen LogP contribution in [0.25, 0.3) is 11.3 Å². The molecule has 3 heterocycles. The van der Waals surface area contributed by atoms with Gasteiger partial charge in [0.25, 0.3) is 0 Å². The van der Waals surface area contributed by atoms with E-state index in [2.05, 4.69) is 25.6 Å². The monoisotopic (exact) mass is 365 g/mol. The average molecular weight is 365 g/mol. The number of anilines is 3. The molecule has 1 aliphatic heterocycles. The molecule has 0 amide bonds. The van der Waals surface area contributed by atoms with Crippen LogP contribution >= 0.6 is 0 Å². The molecule has 0 radical (unpaired) electrons. The highest BCUT2D eigenvalue weighted by molar-refractivity contribution is 5.68. The highest BCUT2D eigenvalue weighted by Crippen LogP contribution is 2.35. The molecule has 8 nitrogen and oxygen atoms in total. The van der Waals surface area contributed by atoms with Crippen LogP contribution in [0.3, 0.4) is 0 Å². The van der Waals surface area contributed by atoms with Crippen LogP contribution in [0.4, 0.5) is 17.5 Å². The Morgan fingerprint density at radius 2 is 1.89 bits per heavy atom. The second-order valence-electron chi connectivity index (χ2n) is 6.12. The fourth-order valence-electron chi connectivity index (χ4n) is 2.63. The summed E-state index contributed by atoms with van der Waals surface area (Å²) in [7, 11) is 0. The molecule has 3 N–H and O–H groups in total. The summed E-state index contributed by atoms with van der Waals surface area (Å²) >= 11 is 0. The summed E-state index contributed by atoms with van der Waals surface area (Å²) in [5.74, 6) is 2.45. The van der Waals surface area contributed by atoms with Gasteiger partial charge >= 0.3 is 0 Å². The van der Waals surface area contributed by atoms with Gasteiger partial charge < -0.3 is 25.2 Å². The third kappa shape index (κ3) is 3.90. The van der Waals surface area contributed by atoms with Crippen molar-refractivity contribution in [3.05, 3.63) is 48.8 Å². The maximum atomic E-state index is 9.31. The molecule has 27 heavy (non-hydrogen) atoms. The predicted molar refractivity (Wildman–Crippen MR) is 101 cm³/mol. The molecule has 1 aliphatic rings. The Hall–Kier alpha value is -3.39. The molecule has 0 saturated carbocycles. The summed E-state index contributed by atoms with van der Waals surface area (Å²) in [6.07, 6.45) is 3.43. The molecule has 0 aliphatic carbocycles. The van der Waals surface area contributed by atoms with Gasteiger partial charge in [0.05, 0.1) is 12.3 Å². The van der Waals surface area contributed by atoms with Crippen molar-refractivity contribution in [3.63, 3.8) is 0 Å². The number of aromatic nitrogens is 3. The molecule has 8 heteroatoms. The van der Waals surface area contributed by atoms with Gasteiger partial charge in [0.1, 0.15) is 5.82 Å². The largest absolute Gasteiger partial charge is 0.454 e. The predicted octanol–water partition coefficient (Wildman–Crippen LogP) is 2.80. The molecular formula is C19H19N5O3. The first-order chi connectivity index (χ1) is 13.2. The number of pyridine rings is 1. The number of nitrogens with zero attached hydrogens (tertiary/aromatic N) is 3. The van der Waals surface area contributed by atoms with Gasteiger partial charge in [-0.3, -0.25) is 4.98 Å². The number of aliphatic hydroxyl groups excluding tert-OH is 1. The van der Waals surface area contributed by atoms with Crippen LogP contribution in [-0.4, -0.2) is 39.5 Å². The number of aliphatic hydroxyl groups is 1. The average Bonchev–Trinajstić information content (AvgIpc) is 3.16. The smallest absolute Gasteiger partial charge is 0.231 e. The van der Waals surface area contributed by atoms with Crippen LogP contribution in [0, 0.1) is 0 Å². The van der Waals surface area contributed by atoms with Gasteiger partial charge in [-0.2, -0.15) is 4.98 Å². The molecule has 3 aromatic rings. The lowest BCUT2D eigenvalue weighted by Gasteiger charge is -2.14. The lowest BCUT2D eigenvalue weighted by atomic mass is 10.2. The number of hydrogen-bond acceptors (Lipinski definition) is 8. The van der Waals surface area contributed by atoms with Gasteiger partial charge in [0.15, 0.2) is 11.5 Å². The van der Waals surface area contributed by atoms with E-state index in [-0.39, 0.29) is 19.4 Å². The summed E-state index contributed by atoms with van der Waals surface area (Å²) in [6, 6.07) is 11.1. The van der Waals surface area contributed by atoms with Gasteiger partial charge in [0.2, 0.25) is 12.7 Å². The Kier molecular flexibility index (Phi) is 4.71. The van der Waals surface area contributed by atoms with E-state index < -0.39 is 0 Å². The number of fused-ring (bicyclic) bond motifs is 1. The van der Waals surface area contributed by atoms with Crippen molar-refractivity contribution in [2.75, 3.05) is 24.0 Å². The molecule has 138 valence electrons. The van der Waals surface area contributed by atoms with Gasteiger partial charge in [-0.1, -0.05) is 0 Å². The number of benzene rings is 1. The zero-order valence-corrected chi connectivity index (χ0v) is 14.7. The van der Waals surface area contributed by atoms with Crippen molar-refractivity contribution in [1.82, 2.24) is 15.0 Å². The molecule has 0 fully saturated rings. The van der Waals surface area contributed by atoms with Crippen molar-refractivity contribution in [3.8, 4) is 22.8 Å². The Morgan fingerprint density at radius 3 is 2.70 bits per heavy atom. The molecule has 0 saturated heterocycles. The lowest BCUT2D eigenvalue weighted by molar-refractivity contribution is 0.174. The topological polar surface area (TPSA) is 101 Å². The normalized spacial score (nSPS) is 13.3. The van der Waals surface area contributed by atoms with Crippen molar-refractivity contribution in [1.29, 1.82) is 0 Å². The number of hydrogen-bond donors (Lipinski definition) is 3. The molecule has 0 spiro atoms. The van der Waals surface area contributed by atoms with Crippen LogP contribution in [0.1, 0.15) is 6.92 Å². The summed E-state index contributed by atoms with van der Waals surface area (Å²) in [5, 5.41) is 15.7. The molecule has 2 aromatic heterocycles. The Morgan fingerprint density at radius 1 is 1.07 bits per heavy atom. The van der Waals surface area contributed by atoms with Crippen LogP contribution in [0.5, 0.6) is 11.5 Å². The summed E-state index contributed by atoms with van der Waals surface area (Å²) < 4.78 is 10.8. The van der Waals surface area contributed by atoms with Crippen molar-refractivity contribution < 1.29 is 14.6 Å². The van der Waals surface area contributed by atoms with E-state index in [9.17, 15) is 5.11 Å². The van der Waals surface area contributed by atoms with Crippen molar-refractivity contribution >= 4 is 17.5 Å².